The summed E-state index contributed by atoms with van der Waals surface area (Å²) < 4.78 is 0. The van der Waals surface area contributed by atoms with E-state index in [4.69, 9.17) is 5.73 Å². The van der Waals surface area contributed by atoms with Crippen molar-refractivity contribution in [2.24, 2.45) is 5.73 Å². The monoisotopic (exact) mass is 229 g/mol. The molecule has 5 nitrogen and oxygen atoms in total. The molecule has 0 saturated heterocycles. The Hall–Kier alpha value is -2.01. The molecule has 0 aliphatic carbocycles. The Kier molecular flexibility index (Phi) is 3.62. The number of hydrogen-bond acceptors (Lipinski definition) is 5. The molecule has 2 aromatic heterocycles. The molecule has 0 bridgehead atoms. The highest BCUT2D eigenvalue weighted by Gasteiger charge is 2.05. The first kappa shape index (κ1) is 11.5. The van der Waals surface area contributed by atoms with Crippen LogP contribution in [-0.2, 0) is 13.1 Å². The zero-order valence-electron chi connectivity index (χ0n) is 9.74. The predicted octanol–water partition coefficient (Wildman–Crippen LogP) is 0.967. The predicted molar refractivity (Wildman–Crippen MR) is 66.3 cm³/mol. The third-order valence-electron chi connectivity index (χ3n) is 2.39. The summed E-state index contributed by atoms with van der Waals surface area (Å²) in [5.41, 5.74) is 7.41. The van der Waals surface area contributed by atoms with Crippen molar-refractivity contribution >= 4 is 5.95 Å². The molecule has 0 aliphatic heterocycles. The number of anilines is 1. The normalized spacial score (nSPS) is 10.2. The third kappa shape index (κ3) is 2.98. The van der Waals surface area contributed by atoms with Crippen molar-refractivity contribution in [1.82, 2.24) is 15.0 Å². The lowest BCUT2D eigenvalue weighted by atomic mass is 10.3. The van der Waals surface area contributed by atoms with Gasteiger partial charge in [0, 0.05) is 37.7 Å². The van der Waals surface area contributed by atoms with E-state index in [9.17, 15) is 0 Å². The van der Waals surface area contributed by atoms with Gasteiger partial charge in [-0.05, 0) is 12.1 Å². The first-order valence-electron chi connectivity index (χ1n) is 5.41. The Labute approximate surface area is 100 Å². The number of nitrogens with zero attached hydrogens (tertiary/aromatic N) is 4. The van der Waals surface area contributed by atoms with E-state index in [0.29, 0.717) is 19.0 Å². The lowest BCUT2D eigenvalue weighted by molar-refractivity contribution is 0.835. The van der Waals surface area contributed by atoms with E-state index in [1.54, 1.807) is 18.6 Å². The summed E-state index contributed by atoms with van der Waals surface area (Å²) in [5.74, 6) is 0.674. The number of pyridine rings is 1. The van der Waals surface area contributed by atoms with Crippen molar-refractivity contribution in [2.75, 3.05) is 11.9 Å². The van der Waals surface area contributed by atoms with Gasteiger partial charge in [0.25, 0.3) is 0 Å². The average molecular weight is 229 g/mol. The van der Waals surface area contributed by atoms with Crippen molar-refractivity contribution < 1.29 is 0 Å². The van der Waals surface area contributed by atoms with Crippen LogP contribution in [0.3, 0.4) is 0 Å². The molecule has 0 atom stereocenters. The maximum atomic E-state index is 5.50. The highest BCUT2D eigenvalue weighted by atomic mass is 15.2. The van der Waals surface area contributed by atoms with Gasteiger partial charge in [-0.25, -0.2) is 9.97 Å². The van der Waals surface area contributed by atoms with Gasteiger partial charge >= 0.3 is 0 Å². The second kappa shape index (κ2) is 5.36. The van der Waals surface area contributed by atoms with Gasteiger partial charge < -0.3 is 10.6 Å². The zero-order valence-corrected chi connectivity index (χ0v) is 9.74. The second-order valence-electron chi connectivity index (χ2n) is 3.77. The maximum absolute atomic E-state index is 5.50. The van der Waals surface area contributed by atoms with E-state index in [0.717, 1.165) is 11.3 Å². The summed E-state index contributed by atoms with van der Waals surface area (Å²) in [6.07, 6.45) is 5.27. The summed E-state index contributed by atoms with van der Waals surface area (Å²) >= 11 is 0. The van der Waals surface area contributed by atoms with Crippen LogP contribution < -0.4 is 10.6 Å². The minimum atomic E-state index is 0.463. The molecular formula is C12H15N5. The maximum Gasteiger partial charge on any atom is 0.225 e. The Morgan fingerprint density at radius 1 is 1.18 bits per heavy atom. The highest BCUT2D eigenvalue weighted by Crippen LogP contribution is 2.08. The Morgan fingerprint density at radius 2 is 1.94 bits per heavy atom. The van der Waals surface area contributed by atoms with Crippen LogP contribution in [-0.4, -0.2) is 22.0 Å². The van der Waals surface area contributed by atoms with E-state index in [1.165, 1.54) is 0 Å². The van der Waals surface area contributed by atoms with Crippen molar-refractivity contribution in [2.45, 2.75) is 13.1 Å². The van der Waals surface area contributed by atoms with Crippen molar-refractivity contribution in [3.05, 3.63) is 48.0 Å². The van der Waals surface area contributed by atoms with Gasteiger partial charge in [0.15, 0.2) is 0 Å². The van der Waals surface area contributed by atoms with Crippen LogP contribution in [0.25, 0.3) is 0 Å². The van der Waals surface area contributed by atoms with E-state index in [1.807, 2.05) is 30.1 Å². The topological polar surface area (TPSA) is 67.9 Å². The average Bonchev–Trinajstić information content (AvgIpc) is 2.40. The van der Waals surface area contributed by atoms with Crippen LogP contribution in [0.15, 0.2) is 36.8 Å². The molecule has 0 saturated carbocycles. The smallest absolute Gasteiger partial charge is 0.225 e. The van der Waals surface area contributed by atoms with Crippen molar-refractivity contribution in [3.63, 3.8) is 0 Å². The third-order valence-corrected chi connectivity index (χ3v) is 2.39. The molecule has 0 aromatic carbocycles. The first-order valence-corrected chi connectivity index (χ1v) is 5.41. The summed E-state index contributed by atoms with van der Waals surface area (Å²) in [6, 6.07) is 5.84. The number of aromatic nitrogens is 3. The lowest BCUT2D eigenvalue weighted by Crippen LogP contribution is -2.19. The Bertz CT molecular complexity index is 454. The van der Waals surface area contributed by atoms with Gasteiger partial charge in [-0.1, -0.05) is 6.07 Å². The molecule has 2 heterocycles. The molecule has 0 radical (unpaired) electrons. The van der Waals surface area contributed by atoms with Crippen LogP contribution in [0.4, 0.5) is 5.95 Å². The van der Waals surface area contributed by atoms with Gasteiger partial charge in [0.2, 0.25) is 5.95 Å². The molecule has 2 N–H and O–H groups in total. The van der Waals surface area contributed by atoms with Crippen LogP contribution in [0.5, 0.6) is 0 Å². The van der Waals surface area contributed by atoms with Crippen molar-refractivity contribution in [3.8, 4) is 0 Å². The van der Waals surface area contributed by atoms with Gasteiger partial charge in [-0.3, -0.25) is 4.98 Å². The van der Waals surface area contributed by atoms with Gasteiger partial charge in [-0.15, -0.1) is 0 Å². The molecule has 0 aliphatic rings. The molecule has 0 spiro atoms. The van der Waals surface area contributed by atoms with E-state index in [2.05, 4.69) is 15.0 Å². The molecule has 0 amide bonds. The second-order valence-corrected chi connectivity index (χ2v) is 3.77. The summed E-state index contributed by atoms with van der Waals surface area (Å²) in [4.78, 5) is 14.7. The molecule has 17 heavy (non-hydrogen) atoms. The summed E-state index contributed by atoms with van der Waals surface area (Å²) in [6.45, 7) is 1.15. The molecule has 0 fully saturated rings. The number of nitrogens with two attached hydrogens (primary N) is 1. The minimum absolute atomic E-state index is 0.463. The van der Waals surface area contributed by atoms with Gasteiger partial charge in [0.1, 0.15) is 0 Å². The summed E-state index contributed by atoms with van der Waals surface area (Å²) in [5, 5.41) is 0. The highest BCUT2D eigenvalue weighted by molar-refractivity contribution is 5.29. The minimum Gasteiger partial charge on any atom is -0.338 e. The fourth-order valence-electron chi connectivity index (χ4n) is 1.46. The molecule has 2 aromatic rings. The van der Waals surface area contributed by atoms with Gasteiger partial charge in [-0.2, -0.15) is 0 Å². The number of rotatable bonds is 4. The van der Waals surface area contributed by atoms with Crippen molar-refractivity contribution in [1.29, 1.82) is 0 Å². The quantitative estimate of drug-likeness (QED) is 0.846. The van der Waals surface area contributed by atoms with E-state index in [-0.39, 0.29) is 0 Å². The van der Waals surface area contributed by atoms with Crippen LogP contribution >= 0.6 is 0 Å². The summed E-state index contributed by atoms with van der Waals surface area (Å²) in [7, 11) is 1.94. The lowest BCUT2D eigenvalue weighted by Gasteiger charge is -2.16. The molecule has 2 rings (SSSR count). The number of hydrogen-bond donors (Lipinski definition) is 1. The Morgan fingerprint density at radius 3 is 2.53 bits per heavy atom. The van der Waals surface area contributed by atoms with E-state index >= 15 is 0 Å². The van der Waals surface area contributed by atoms with Crippen LogP contribution in [0.2, 0.25) is 0 Å². The standard InChI is InChI=1S/C12H15N5/c1-17(9-11-4-2-3-5-14-11)12-15-7-10(6-13)8-16-12/h2-5,7-8H,6,9,13H2,1H3. The zero-order chi connectivity index (χ0) is 12.1. The van der Waals surface area contributed by atoms with Gasteiger partial charge in [0.05, 0.1) is 12.2 Å². The fraction of sp³-hybridized carbons (Fsp3) is 0.250. The fourth-order valence-corrected chi connectivity index (χ4v) is 1.46. The van der Waals surface area contributed by atoms with Crippen LogP contribution in [0.1, 0.15) is 11.3 Å². The van der Waals surface area contributed by atoms with E-state index < -0.39 is 0 Å². The first-order chi connectivity index (χ1) is 8.29. The largest absolute Gasteiger partial charge is 0.338 e. The molecular weight excluding hydrogens is 214 g/mol. The SMILES string of the molecule is CN(Cc1ccccn1)c1ncc(CN)cn1. The molecule has 5 heteroatoms. The molecule has 0 unspecified atom stereocenters. The molecule has 88 valence electrons. The van der Waals surface area contributed by atoms with Crippen LogP contribution in [0, 0.1) is 0 Å². The Balaban J connectivity index is 2.06.